The number of carbonyl (C=O) groups is 2. The number of esters is 2. The molecule has 4 aromatic carbocycles. The maximum absolute atomic E-state index is 16.1. The van der Waals surface area contributed by atoms with Crippen LogP contribution in [0.3, 0.4) is 0 Å². The van der Waals surface area contributed by atoms with Crippen LogP contribution in [0.25, 0.3) is 33.4 Å². The third-order valence-electron chi connectivity index (χ3n) is 9.60. The fourth-order valence-electron chi connectivity index (χ4n) is 6.23. The fraction of sp³-hybridized carbons (Fsp3) is 0.333. The van der Waals surface area contributed by atoms with E-state index in [4.69, 9.17) is 19.3 Å². The molecule has 0 amide bonds. The van der Waals surface area contributed by atoms with Crippen LogP contribution in [0.4, 0.5) is 17.6 Å². The summed E-state index contributed by atoms with van der Waals surface area (Å²) in [5.74, 6) is -6.46. The first-order valence-electron chi connectivity index (χ1n) is 18.7. The van der Waals surface area contributed by atoms with E-state index in [1.54, 1.807) is 12.1 Å². The van der Waals surface area contributed by atoms with Crippen molar-refractivity contribution in [3.05, 3.63) is 119 Å². The summed E-state index contributed by atoms with van der Waals surface area (Å²) in [4.78, 5) is 24.7. The Morgan fingerprint density at radius 2 is 1.12 bits per heavy atom. The maximum Gasteiger partial charge on any atom is 0.333 e. The highest BCUT2D eigenvalue weighted by atomic mass is 28.3. The maximum atomic E-state index is 16.1. The third kappa shape index (κ3) is 10.6. The van der Waals surface area contributed by atoms with Crippen LogP contribution in [0, 0.1) is 23.3 Å². The molecule has 0 spiro atoms. The molecule has 0 radical (unpaired) electrons. The van der Waals surface area contributed by atoms with E-state index in [9.17, 15) is 9.59 Å². The van der Waals surface area contributed by atoms with Gasteiger partial charge in [-0.1, -0.05) is 106 Å². The standard InChI is InChI=1S/C45H50F4O6Si/c1-8-9-23-56(6,7)34-15-13-30(14-16-34)35-17-19-37(41(48)39(35)46)38-20-18-36(40(47)42(38)49)31-24-32(26-54-44(51)28(2)3)43(53-22-12-10-11-21-50)33(25-31)27-55-45(52)29(4)5/h13-20,24-25,50H,2,4,8-12,21-23,26-27H2,1,3,5-7H3. The number of benzene rings is 4. The largest absolute Gasteiger partial charge is 0.493 e. The summed E-state index contributed by atoms with van der Waals surface area (Å²) in [6.45, 7) is 16.3. The van der Waals surface area contributed by atoms with Crippen LogP contribution in [-0.4, -0.2) is 38.3 Å². The summed E-state index contributed by atoms with van der Waals surface area (Å²) in [6, 6.07) is 16.4. The SMILES string of the molecule is C=C(C)C(=O)OCc1cc(-c2ccc(-c3ccc(-c4ccc([Si](C)(C)CCCC)cc4)c(F)c3F)c(F)c2F)cc(COC(=O)C(=C)C)c1OCCCCCO. The van der Waals surface area contributed by atoms with Crippen molar-refractivity contribution in [2.45, 2.75) is 85.2 Å². The average Bonchev–Trinajstić information content (AvgIpc) is 3.17. The fourth-order valence-corrected chi connectivity index (χ4v) is 8.83. The van der Waals surface area contributed by atoms with Gasteiger partial charge in [-0.05, 0) is 56.4 Å². The van der Waals surface area contributed by atoms with Gasteiger partial charge in [0, 0.05) is 51.1 Å². The molecule has 6 nitrogen and oxygen atoms in total. The van der Waals surface area contributed by atoms with Crippen molar-refractivity contribution in [1.29, 1.82) is 0 Å². The lowest BCUT2D eigenvalue weighted by molar-refractivity contribution is -0.140. The molecule has 0 aliphatic rings. The topological polar surface area (TPSA) is 82.1 Å². The minimum atomic E-state index is -1.69. The Bertz CT molecular complexity index is 2030. The minimum Gasteiger partial charge on any atom is -0.493 e. The highest BCUT2D eigenvalue weighted by Gasteiger charge is 2.26. The minimum absolute atomic E-state index is 0.00112. The van der Waals surface area contributed by atoms with E-state index >= 15 is 17.6 Å². The monoisotopic (exact) mass is 790 g/mol. The first-order chi connectivity index (χ1) is 26.6. The van der Waals surface area contributed by atoms with Gasteiger partial charge in [0.1, 0.15) is 19.0 Å². The molecule has 0 heterocycles. The molecule has 0 aromatic heterocycles. The summed E-state index contributed by atoms with van der Waals surface area (Å²) in [5.41, 5.74) is 0.158. The molecule has 0 saturated carbocycles. The summed E-state index contributed by atoms with van der Waals surface area (Å²) in [6.07, 6.45) is 3.99. The Hall–Kier alpha value is -5.00. The molecule has 4 rings (SSSR count). The Morgan fingerprint density at radius 1 is 0.661 bits per heavy atom. The van der Waals surface area contributed by atoms with E-state index in [0.29, 0.717) is 24.8 Å². The quantitative estimate of drug-likeness (QED) is 0.0335. The molecule has 0 unspecified atom stereocenters. The number of carbonyl (C=O) groups excluding carboxylic acids is 2. The number of unbranched alkanes of at least 4 members (excludes halogenated alkanes) is 3. The first-order valence-corrected chi connectivity index (χ1v) is 21.9. The van der Waals surface area contributed by atoms with Gasteiger partial charge in [-0.15, -0.1) is 0 Å². The zero-order valence-electron chi connectivity index (χ0n) is 32.8. The van der Waals surface area contributed by atoms with Crippen molar-refractivity contribution in [2.24, 2.45) is 0 Å². The molecule has 0 bridgehead atoms. The van der Waals surface area contributed by atoms with Gasteiger partial charge in [-0.2, -0.15) is 0 Å². The van der Waals surface area contributed by atoms with Crippen LogP contribution in [-0.2, 0) is 32.3 Å². The van der Waals surface area contributed by atoms with Crippen LogP contribution >= 0.6 is 0 Å². The highest BCUT2D eigenvalue weighted by Crippen LogP contribution is 2.38. The summed E-state index contributed by atoms with van der Waals surface area (Å²) in [7, 11) is -1.69. The van der Waals surface area contributed by atoms with Gasteiger partial charge in [0.15, 0.2) is 23.3 Å². The predicted octanol–water partition coefficient (Wildman–Crippen LogP) is 10.7. The Balaban J connectivity index is 1.75. The Kier molecular flexibility index (Phi) is 15.4. The molecule has 4 aromatic rings. The van der Waals surface area contributed by atoms with E-state index in [0.717, 1.165) is 25.0 Å². The van der Waals surface area contributed by atoms with Gasteiger partial charge in [0.05, 0.1) is 14.7 Å². The van der Waals surface area contributed by atoms with Crippen LogP contribution in [0.15, 0.2) is 85.0 Å². The predicted molar refractivity (Wildman–Crippen MR) is 215 cm³/mol. The van der Waals surface area contributed by atoms with E-state index in [-0.39, 0.29) is 71.1 Å². The second-order valence-corrected chi connectivity index (χ2v) is 19.5. The van der Waals surface area contributed by atoms with Gasteiger partial charge in [0.25, 0.3) is 0 Å². The Labute approximate surface area is 327 Å². The van der Waals surface area contributed by atoms with Crippen LogP contribution in [0.1, 0.15) is 64.0 Å². The van der Waals surface area contributed by atoms with Crippen molar-refractivity contribution in [3.8, 4) is 39.1 Å². The average molecular weight is 791 g/mol. The second kappa shape index (κ2) is 19.7. The summed E-state index contributed by atoms with van der Waals surface area (Å²) >= 11 is 0. The lowest BCUT2D eigenvalue weighted by Gasteiger charge is -2.23. The van der Waals surface area contributed by atoms with Crippen molar-refractivity contribution in [1.82, 2.24) is 0 Å². The van der Waals surface area contributed by atoms with Crippen molar-refractivity contribution in [3.63, 3.8) is 0 Å². The first kappa shape index (κ1) is 43.7. The number of hydrogen-bond acceptors (Lipinski definition) is 6. The van der Waals surface area contributed by atoms with Gasteiger partial charge >= 0.3 is 11.9 Å². The third-order valence-corrected chi connectivity index (χ3v) is 13.1. The molecule has 11 heteroatoms. The number of aliphatic hydroxyl groups is 1. The summed E-state index contributed by atoms with van der Waals surface area (Å²) in [5, 5.41) is 10.4. The summed E-state index contributed by atoms with van der Waals surface area (Å²) < 4.78 is 80.4. The normalized spacial score (nSPS) is 11.3. The number of ether oxygens (including phenoxy) is 3. The second-order valence-electron chi connectivity index (χ2n) is 14.6. The van der Waals surface area contributed by atoms with E-state index < -0.39 is 54.4 Å². The molecule has 0 fully saturated rings. The van der Waals surface area contributed by atoms with Crippen molar-refractivity contribution in [2.75, 3.05) is 13.2 Å². The molecule has 0 aliphatic heterocycles. The van der Waals surface area contributed by atoms with Crippen LogP contribution in [0.2, 0.25) is 19.1 Å². The lowest BCUT2D eigenvalue weighted by Crippen LogP contribution is -2.40. The van der Waals surface area contributed by atoms with Crippen molar-refractivity contribution >= 4 is 25.2 Å². The number of halogens is 4. The van der Waals surface area contributed by atoms with E-state index in [1.165, 1.54) is 49.4 Å². The lowest BCUT2D eigenvalue weighted by atomic mass is 9.94. The highest BCUT2D eigenvalue weighted by molar-refractivity contribution is 6.89. The van der Waals surface area contributed by atoms with E-state index in [1.807, 2.05) is 12.1 Å². The van der Waals surface area contributed by atoms with Gasteiger partial charge in [0.2, 0.25) is 0 Å². The number of rotatable bonds is 19. The molecule has 1 N–H and O–H groups in total. The van der Waals surface area contributed by atoms with Gasteiger partial charge < -0.3 is 19.3 Å². The molecule has 0 atom stereocenters. The number of aliphatic hydroxyl groups excluding tert-OH is 1. The smallest absolute Gasteiger partial charge is 0.333 e. The zero-order valence-corrected chi connectivity index (χ0v) is 33.8. The van der Waals surface area contributed by atoms with Crippen LogP contribution < -0.4 is 9.92 Å². The molecule has 298 valence electrons. The molecule has 0 aliphatic carbocycles. The molecular formula is C45H50F4O6Si. The van der Waals surface area contributed by atoms with E-state index in [2.05, 4.69) is 33.2 Å². The molecule has 0 saturated heterocycles. The van der Waals surface area contributed by atoms with Crippen molar-refractivity contribution < 1.29 is 46.5 Å². The number of hydrogen-bond donors (Lipinski definition) is 1. The zero-order chi connectivity index (χ0) is 41.2. The molecule has 56 heavy (non-hydrogen) atoms. The van der Waals surface area contributed by atoms with Gasteiger partial charge in [-0.25, -0.2) is 27.2 Å². The van der Waals surface area contributed by atoms with Gasteiger partial charge in [-0.3, -0.25) is 0 Å². The molecular weight excluding hydrogens is 741 g/mol. The van der Waals surface area contributed by atoms with Crippen LogP contribution in [0.5, 0.6) is 5.75 Å². The Morgan fingerprint density at radius 3 is 1.59 bits per heavy atom.